The molecule has 0 saturated heterocycles. The van der Waals surface area contributed by atoms with Crippen molar-refractivity contribution >= 4 is 0 Å². The second-order valence-electron chi connectivity index (χ2n) is 3.11. The molecule has 14 heavy (non-hydrogen) atoms. The van der Waals surface area contributed by atoms with E-state index in [1.807, 2.05) is 18.2 Å². The van der Waals surface area contributed by atoms with Crippen LogP contribution in [0.5, 0.6) is 0 Å². The van der Waals surface area contributed by atoms with Gasteiger partial charge in [-0.3, -0.25) is 4.98 Å². The largest absolute Gasteiger partial charge is 0.394 e. The highest BCUT2D eigenvalue weighted by molar-refractivity contribution is 5.03. The molecular formula is C10H16N2O2. The average molecular weight is 196 g/mol. The molecule has 0 aliphatic carbocycles. The molecule has 0 bridgehead atoms. The molecule has 0 saturated carbocycles. The molecule has 0 aliphatic heterocycles. The molecule has 78 valence electrons. The lowest BCUT2D eigenvalue weighted by molar-refractivity contribution is 0.0947. The number of aliphatic hydroxyl groups is 2. The Kier molecular flexibility index (Phi) is 5.14. The summed E-state index contributed by atoms with van der Waals surface area (Å²) in [5, 5.41) is 20.6. The van der Waals surface area contributed by atoms with Crippen molar-refractivity contribution in [3.05, 3.63) is 30.1 Å². The molecule has 4 heteroatoms. The zero-order chi connectivity index (χ0) is 10.2. The van der Waals surface area contributed by atoms with E-state index < -0.39 is 6.10 Å². The van der Waals surface area contributed by atoms with Crippen LogP contribution in [0.4, 0.5) is 0 Å². The predicted molar refractivity (Wildman–Crippen MR) is 53.9 cm³/mol. The standard InChI is InChI=1S/C10H16N2O2/c13-8-10(14)7-11-6-4-9-3-1-2-5-12-9/h1-3,5,10-11,13-14H,4,6-8H2. The maximum atomic E-state index is 9.03. The fourth-order valence-electron chi connectivity index (χ4n) is 1.10. The number of aromatic nitrogens is 1. The molecule has 1 aromatic heterocycles. The molecule has 0 aromatic carbocycles. The van der Waals surface area contributed by atoms with Crippen LogP contribution in [0.3, 0.4) is 0 Å². The molecule has 0 fully saturated rings. The number of pyridine rings is 1. The van der Waals surface area contributed by atoms with Gasteiger partial charge in [0, 0.05) is 31.4 Å². The lowest BCUT2D eigenvalue weighted by atomic mass is 10.2. The Morgan fingerprint density at radius 3 is 2.93 bits per heavy atom. The van der Waals surface area contributed by atoms with Gasteiger partial charge in [0.1, 0.15) is 0 Å². The summed E-state index contributed by atoms with van der Waals surface area (Å²) in [7, 11) is 0. The van der Waals surface area contributed by atoms with Gasteiger partial charge in [0.2, 0.25) is 0 Å². The minimum absolute atomic E-state index is 0.198. The number of nitrogens with zero attached hydrogens (tertiary/aromatic N) is 1. The molecule has 3 N–H and O–H groups in total. The Morgan fingerprint density at radius 2 is 2.29 bits per heavy atom. The maximum Gasteiger partial charge on any atom is 0.0894 e. The van der Waals surface area contributed by atoms with Crippen molar-refractivity contribution in [3.63, 3.8) is 0 Å². The summed E-state index contributed by atoms with van der Waals surface area (Å²) in [5.41, 5.74) is 1.03. The summed E-state index contributed by atoms with van der Waals surface area (Å²) in [4.78, 5) is 4.16. The quantitative estimate of drug-likeness (QED) is 0.540. The molecule has 1 atom stereocenters. The van der Waals surface area contributed by atoms with Crippen LogP contribution in [-0.4, -0.2) is 41.0 Å². The van der Waals surface area contributed by atoms with E-state index in [0.717, 1.165) is 18.7 Å². The van der Waals surface area contributed by atoms with Crippen molar-refractivity contribution in [1.82, 2.24) is 10.3 Å². The maximum absolute atomic E-state index is 9.03. The van der Waals surface area contributed by atoms with Crippen molar-refractivity contribution in [1.29, 1.82) is 0 Å². The number of rotatable bonds is 6. The molecule has 1 heterocycles. The van der Waals surface area contributed by atoms with E-state index in [-0.39, 0.29) is 6.61 Å². The number of hydrogen-bond donors (Lipinski definition) is 3. The highest BCUT2D eigenvalue weighted by atomic mass is 16.3. The van der Waals surface area contributed by atoms with Crippen LogP contribution in [0.25, 0.3) is 0 Å². The van der Waals surface area contributed by atoms with Crippen molar-refractivity contribution in [2.75, 3.05) is 19.7 Å². The lowest BCUT2D eigenvalue weighted by Gasteiger charge is -2.08. The van der Waals surface area contributed by atoms with Crippen LogP contribution in [0, 0.1) is 0 Å². The Balaban J connectivity index is 2.10. The van der Waals surface area contributed by atoms with Crippen molar-refractivity contribution in [3.8, 4) is 0 Å². The van der Waals surface area contributed by atoms with Crippen LogP contribution in [0.1, 0.15) is 5.69 Å². The third kappa shape index (κ3) is 4.32. The molecule has 0 radical (unpaired) electrons. The first-order valence-electron chi connectivity index (χ1n) is 4.72. The van der Waals surface area contributed by atoms with Gasteiger partial charge in [0.05, 0.1) is 12.7 Å². The van der Waals surface area contributed by atoms with Gasteiger partial charge in [-0.25, -0.2) is 0 Å². The lowest BCUT2D eigenvalue weighted by Crippen LogP contribution is -2.30. The van der Waals surface area contributed by atoms with Gasteiger partial charge in [0.25, 0.3) is 0 Å². The molecule has 1 rings (SSSR count). The van der Waals surface area contributed by atoms with Gasteiger partial charge < -0.3 is 15.5 Å². The van der Waals surface area contributed by atoms with Crippen LogP contribution < -0.4 is 5.32 Å². The fraction of sp³-hybridized carbons (Fsp3) is 0.500. The van der Waals surface area contributed by atoms with Gasteiger partial charge in [-0.05, 0) is 12.1 Å². The summed E-state index contributed by atoms with van der Waals surface area (Å²) in [5.74, 6) is 0. The van der Waals surface area contributed by atoms with Crippen LogP contribution in [0.2, 0.25) is 0 Å². The van der Waals surface area contributed by atoms with E-state index >= 15 is 0 Å². The first-order valence-corrected chi connectivity index (χ1v) is 4.72. The molecule has 0 aliphatic rings. The summed E-state index contributed by atoms with van der Waals surface area (Å²) in [6.45, 7) is 0.980. The van der Waals surface area contributed by atoms with E-state index in [9.17, 15) is 0 Å². The first-order chi connectivity index (χ1) is 6.83. The predicted octanol–water partition coefficient (Wildman–Crippen LogP) is -0.433. The van der Waals surface area contributed by atoms with Gasteiger partial charge >= 0.3 is 0 Å². The van der Waals surface area contributed by atoms with E-state index in [0.29, 0.717) is 6.54 Å². The Bertz CT molecular complexity index is 241. The second kappa shape index (κ2) is 6.48. The molecule has 1 unspecified atom stereocenters. The van der Waals surface area contributed by atoms with Gasteiger partial charge in [-0.15, -0.1) is 0 Å². The van der Waals surface area contributed by atoms with Gasteiger partial charge in [-0.1, -0.05) is 6.07 Å². The van der Waals surface area contributed by atoms with Crippen molar-refractivity contribution in [2.45, 2.75) is 12.5 Å². The first kappa shape index (κ1) is 11.1. The van der Waals surface area contributed by atoms with Crippen molar-refractivity contribution in [2.24, 2.45) is 0 Å². The topological polar surface area (TPSA) is 65.4 Å². The summed E-state index contributed by atoms with van der Waals surface area (Å²) >= 11 is 0. The zero-order valence-corrected chi connectivity index (χ0v) is 8.06. The van der Waals surface area contributed by atoms with Crippen LogP contribution in [0.15, 0.2) is 24.4 Å². The smallest absolute Gasteiger partial charge is 0.0894 e. The Labute approximate surface area is 83.6 Å². The average Bonchev–Trinajstić information content (AvgIpc) is 2.25. The minimum atomic E-state index is -0.668. The SMILES string of the molecule is OCC(O)CNCCc1ccccn1. The summed E-state index contributed by atoms with van der Waals surface area (Å²) < 4.78 is 0. The van der Waals surface area contributed by atoms with E-state index in [1.165, 1.54) is 0 Å². The number of aliphatic hydroxyl groups excluding tert-OH is 2. The molecule has 1 aromatic rings. The molecule has 0 amide bonds. The Hall–Kier alpha value is -0.970. The van der Waals surface area contributed by atoms with Gasteiger partial charge in [0.15, 0.2) is 0 Å². The number of nitrogens with one attached hydrogen (secondary N) is 1. The summed E-state index contributed by atoms with van der Waals surface area (Å²) in [6, 6.07) is 5.79. The van der Waals surface area contributed by atoms with Crippen LogP contribution >= 0.6 is 0 Å². The van der Waals surface area contributed by atoms with E-state index in [2.05, 4.69) is 10.3 Å². The van der Waals surface area contributed by atoms with Gasteiger partial charge in [-0.2, -0.15) is 0 Å². The van der Waals surface area contributed by atoms with Crippen LogP contribution in [-0.2, 0) is 6.42 Å². The highest BCUT2D eigenvalue weighted by Gasteiger charge is 1.99. The second-order valence-corrected chi connectivity index (χ2v) is 3.11. The molecule has 4 nitrogen and oxygen atoms in total. The fourth-order valence-corrected chi connectivity index (χ4v) is 1.10. The van der Waals surface area contributed by atoms with E-state index in [1.54, 1.807) is 6.20 Å². The molecular weight excluding hydrogens is 180 g/mol. The van der Waals surface area contributed by atoms with Crippen molar-refractivity contribution < 1.29 is 10.2 Å². The minimum Gasteiger partial charge on any atom is -0.394 e. The summed E-state index contributed by atoms with van der Waals surface area (Å²) in [6.07, 6.45) is 1.93. The molecule has 0 spiro atoms. The Morgan fingerprint density at radius 1 is 1.43 bits per heavy atom. The monoisotopic (exact) mass is 196 g/mol. The van der Waals surface area contributed by atoms with E-state index in [4.69, 9.17) is 10.2 Å². The number of hydrogen-bond acceptors (Lipinski definition) is 4. The third-order valence-corrected chi connectivity index (χ3v) is 1.87. The third-order valence-electron chi connectivity index (χ3n) is 1.87. The normalized spacial score (nSPS) is 12.7. The highest BCUT2D eigenvalue weighted by Crippen LogP contribution is 1.92. The zero-order valence-electron chi connectivity index (χ0n) is 8.06.